The summed E-state index contributed by atoms with van der Waals surface area (Å²) in [6.07, 6.45) is 1.98. The fourth-order valence-corrected chi connectivity index (χ4v) is 2.17. The molecule has 0 aliphatic heterocycles. The maximum atomic E-state index is 4.20. The molecule has 0 radical (unpaired) electrons. The monoisotopic (exact) mass is 287 g/mol. The molecule has 0 aliphatic carbocycles. The largest absolute Gasteiger partial charge is 0.312 e. The number of tetrazole rings is 1. The zero-order chi connectivity index (χ0) is 15.3. The molecule has 1 aromatic carbocycles. The van der Waals surface area contributed by atoms with Crippen LogP contribution in [-0.2, 0) is 6.42 Å². The van der Waals surface area contributed by atoms with Crippen molar-refractivity contribution in [2.45, 2.75) is 46.1 Å². The van der Waals surface area contributed by atoms with E-state index in [9.17, 15) is 0 Å². The summed E-state index contributed by atoms with van der Waals surface area (Å²) in [5.41, 5.74) is 1.15. The predicted octanol–water partition coefficient (Wildman–Crippen LogP) is 2.62. The molecule has 0 fully saturated rings. The van der Waals surface area contributed by atoms with E-state index in [1.807, 2.05) is 35.0 Å². The maximum absolute atomic E-state index is 4.20. The maximum Gasteiger partial charge on any atom is 0.157 e. The lowest BCUT2D eigenvalue weighted by Crippen LogP contribution is -2.39. The Hall–Kier alpha value is -1.75. The van der Waals surface area contributed by atoms with Crippen LogP contribution in [0.25, 0.3) is 5.69 Å². The summed E-state index contributed by atoms with van der Waals surface area (Å²) < 4.78 is 1.83. The van der Waals surface area contributed by atoms with Crippen LogP contribution < -0.4 is 5.32 Å². The second kappa shape index (κ2) is 6.80. The van der Waals surface area contributed by atoms with Gasteiger partial charge in [-0.3, -0.25) is 0 Å². The molecule has 5 heteroatoms. The Morgan fingerprint density at radius 3 is 2.52 bits per heavy atom. The summed E-state index contributed by atoms with van der Waals surface area (Å²) in [6.45, 7) is 9.75. The highest BCUT2D eigenvalue weighted by Gasteiger charge is 2.17. The van der Waals surface area contributed by atoms with E-state index in [0.29, 0.717) is 5.92 Å². The number of hydrogen-bond donors (Lipinski definition) is 1. The number of benzene rings is 1. The van der Waals surface area contributed by atoms with Crippen LogP contribution in [-0.4, -0.2) is 32.3 Å². The Morgan fingerprint density at radius 1 is 1.19 bits per heavy atom. The van der Waals surface area contributed by atoms with Crippen LogP contribution in [0.15, 0.2) is 30.3 Å². The predicted molar refractivity (Wildman–Crippen MR) is 84.4 cm³/mol. The summed E-state index contributed by atoms with van der Waals surface area (Å²) in [5.74, 6) is 1.45. The van der Waals surface area contributed by atoms with Gasteiger partial charge in [-0.05, 0) is 55.8 Å². The molecule has 0 amide bonds. The Bertz CT molecular complexity index is 541. The Morgan fingerprint density at radius 2 is 1.90 bits per heavy atom. The standard InChI is InChI=1S/C16H25N5/c1-5-13(12-17-16(2,3)4)11-15-18-19-20-21(15)14-9-7-6-8-10-14/h6-10,13,17H,5,11-12H2,1-4H3. The van der Waals surface area contributed by atoms with Gasteiger partial charge < -0.3 is 5.32 Å². The van der Waals surface area contributed by atoms with Gasteiger partial charge in [-0.25, -0.2) is 0 Å². The van der Waals surface area contributed by atoms with E-state index < -0.39 is 0 Å². The van der Waals surface area contributed by atoms with Crippen LogP contribution in [0.5, 0.6) is 0 Å². The lowest BCUT2D eigenvalue weighted by molar-refractivity contribution is 0.359. The SMILES string of the molecule is CCC(CNC(C)(C)C)Cc1nnnn1-c1ccccc1. The molecular weight excluding hydrogens is 262 g/mol. The van der Waals surface area contributed by atoms with Crippen LogP contribution >= 0.6 is 0 Å². The molecule has 0 spiro atoms. The normalized spacial score (nSPS) is 13.3. The molecular formula is C16H25N5. The van der Waals surface area contributed by atoms with Crippen molar-refractivity contribution in [3.05, 3.63) is 36.2 Å². The fourth-order valence-electron chi connectivity index (χ4n) is 2.17. The first-order valence-electron chi connectivity index (χ1n) is 7.57. The van der Waals surface area contributed by atoms with Crippen molar-refractivity contribution >= 4 is 0 Å². The molecule has 1 N–H and O–H groups in total. The van der Waals surface area contributed by atoms with Gasteiger partial charge >= 0.3 is 0 Å². The summed E-state index contributed by atoms with van der Waals surface area (Å²) in [6, 6.07) is 10.0. The molecule has 5 nitrogen and oxygen atoms in total. The minimum atomic E-state index is 0.138. The average molecular weight is 287 g/mol. The van der Waals surface area contributed by atoms with E-state index in [-0.39, 0.29) is 5.54 Å². The molecule has 1 atom stereocenters. The second-order valence-electron chi connectivity index (χ2n) is 6.45. The van der Waals surface area contributed by atoms with Crippen molar-refractivity contribution in [3.63, 3.8) is 0 Å². The zero-order valence-electron chi connectivity index (χ0n) is 13.4. The second-order valence-corrected chi connectivity index (χ2v) is 6.45. The Balaban J connectivity index is 2.07. The molecule has 0 saturated heterocycles. The lowest BCUT2D eigenvalue weighted by atomic mass is 9.99. The highest BCUT2D eigenvalue weighted by atomic mass is 15.5. The lowest BCUT2D eigenvalue weighted by Gasteiger charge is -2.24. The van der Waals surface area contributed by atoms with Gasteiger partial charge in [0, 0.05) is 12.0 Å². The van der Waals surface area contributed by atoms with E-state index in [1.165, 1.54) is 0 Å². The van der Waals surface area contributed by atoms with Crippen LogP contribution in [0.2, 0.25) is 0 Å². The summed E-state index contributed by atoms with van der Waals surface area (Å²) >= 11 is 0. The van der Waals surface area contributed by atoms with Gasteiger partial charge in [0.2, 0.25) is 0 Å². The minimum absolute atomic E-state index is 0.138. The molecule has 2 rings (SSSR count). The van der Waals surface area contributed by atoms with Crippen molar-refractivity contribution < 1.29 is 0 Å². The van der Waals surface area contributed by atoms with Crippen molar-refractivity contribution in [1.82, 2.24) is 25.5 Å². The Labute approximate surface area is 126 Å². The fraction of sp³-hybridized carbons (Fsp3) is 0.562. The highest BCUT2D eigenvalue weighted by Crippen LogP contribution is 2.14. The highest BCUT2D eigenvalue weighted by molar-refractivity contribution is 5.30. The molecule has 1 aromatic heterocycles. The van der Waals surface area contributed by atoms with E-state index in [0.717, 1.165) is 30.9 Å². The molecule has 0 saturated carbocycles. The first-order chi connectivity index (χ1) is 9.99. The third-order valence-electron chi connectivity index (χ3n) is 3.50. The van der Waals surface area contributed by atoms with Crippen molar-refractivity contribution in [2.75, 3.05) is 6.54 Å². The molecule has 21 heavy (non-hydrogen) atoms. The van der Waals surface area contributed by atoms with Gasteiger partial charge in [-0.1, -0.05) is 31.5 Å². The quantitative estimate of drug-likeness (QED) is 0.887. The molecule has 114 valence electrons. The molecule has 0 bridgehead atoms. The van der Waals surface area contributed by atoms with Gasteiger partial charge in [0.15, 0.2) is 5.82 Å². The number of rotatable bonds is 6. The number of aromatic nitrogens is 4. The third-order valence-corrected chi connectivity index (χ3v) is 3.50. The van der Waals surface area contributed by atoms with E-state index >= 15 is 0 Å². The van der Waals surface area contributed by atoms with Crippen molar-refractivity contribution in [2.24, 2.45) is 5.92 Å². The number of hydrogen-bond acceptors (Lipinski definition) is 4. The van der Waals surface area contributed by atoms with Gasteiger partial charge in [-0.15, -0.1) is 5.10 Å². The van der Waals surface area contributed by atoms with Crippen molar-refractivity contribution in [3.8, 4) is 5.69 Å². The first kappa shape index (κ1) is 15.6. The number of nitrogens with zero attached hydrogens (tertiary/aromatic N) is 4. The number of nitrogens with one attached hydrogen (secondary N) is 1. The minimum Gasteiger partial charge on any atom is -0.312 e. The first-order valence-corrected chi connectivity index (χ1v) is 7.57. The van der Waals surface area contributed by atoms with Gasteiger partial charge in [0.25, 0.3) is 0 Å². The summed E-state index contributed by atoms with van der Waals surface area (Å²) in [4.78, 5) is 0. The van der Waals surface area contributed by atoms with Gasteiger partial charge in [0.05, 0.1) is 5.69 Å². The molecule has 2 aromatic rings. The summed E-state index contributed by atoms with van der Waals surface area (Å²) in [7, 11) is 0. The van der Waals surface area contributed by atoms with E-state index in [4.69, 9.17) is 0 Å². The zero-order valence-corrected chi connectivity index (χ0v) is 13.4. The molecule has 1 unspecified atom stereocenters. The van der Waals surface area contributed by atoms with Gasteiger partial charge in [0.1, 0.15) is 0 Å². The summed E-state index contributed by atoms with van der Waals surface area (Å²) in [5, 5.41) is 15.7. The Kier molecular flexibility index (Phi) is 5.07. The van der Waals surface area contributed by atoms with E-state index in [2.05, 4.69) is 48.5 Å². The van der Waals surface area contributed by atoms with E-state index in [1.54, 1.807) is 0 Å². The third kappa shape index (κ3) is 4.63. The smallest absolute Gasteiger partial charge is 0.157 e. The topological polar surface area (TPSA) is 55.6 Å². The van der Waals surface area contributed by atoms with Crippen LogP contribution in [0.4, 0.5) is 0 Å². The van der Waals surface area contributed by atoms with Crippen LogP contribution in [0, 0.1) is 5.92 Å². The van der Waals surface area contributed by atoms with Crippen LogP contribution in [0.1, 0.15) is 39.9 Å². The van der Waals surface area contributed by atoms with Crippen LogP contribution in [0.3, 0.4) is 0 Å². The average Bonchev–Trinajstić information content (AvgIpc) is 2.91. The van der Waals surface area contributed by atoms with Gasteiger partial charge in [-0.2, -0.15) is 4.68 Å². The molecule has 0 aliphatic rings. The van der Waals surface area contributed by atoms with Crippen molar-refractivity contribution in [1.29, 1.82) is 0 Å². The number of para-hydroxylation sites is 1. The molecule has 1 heterocycles.